The van der Waals surface area contributed by atoms with E-state index >= 15 is 0 Å². The molecule has 2 aromatic heterocycles. The van der Waals surface area contributed by atoms with E-state index in [4.69, 9.17) is 0 Å². The number of benzene rings is 1. The molecule has 0 amide bonds. The van der Waals surface area contributed by atoms with E-state index in [-0.39, 0.29) is 0 Å². The topological polar surface area (TPSA) is 10.9 Å². The molecule has 0 aliphatic carbocycles. The van der Waals surface area contributed by atoms with Crippen LogP contribution in [0.15, 0.2) is 54.7 Å². The van der Waals surface area contributed by atoms with Gasteiger partial charge in [-0.1, -0.05) is 18.2 Å². The summed E-state index contributed by atoms with van der Waals surface area (Å²) in [7, 11) is 4.16. The lowest BCUT2D eigenvalue weighted by atomic mass is 10.1. The summed E-state index contributed by atoms with van der Waals surface area (Å²) in [6.45, 7) is 2.35. The Labute approximate surface area is 144 Å². The fourth-order valence-electron chi connectivity index (χ4n) is 3.68. The van der Waals surface area contributed by atoms with Crippen LogP contribution in [0.5, 0.6) is 0 Å². The Bertz CT molecular complexity index is 824. The summed E-state index contributed by atoms with van der Waals surface area (Å²) < 4.78 is 2.33. The van der Waals surface area contributed by atoms with E-state index in [0.29, 0.717) is 0 Å². The van der Waals surface area contributed by atoms with Crippen molar-refractivity contribution in [3.8, 4) is 11.3 Å². The predicted octanol–water partition coefficient (Wildman–Crippen LogP) is 4.66. The minimum atomic E-state index is 1.17. The van der Waals surface area contributed by atoms with Crippen molar-refractivity contribution in [1.82, 2.24) is 4.40 Å². The SMILES string of the molecule is CN(C)c1ccc(-c2cc(N3CCCCC3)c3ccccn23)cc1. The smallest absolute Gasteiger partial charge is 0.0690 e. The van der Waals surface area contributed by atoms with E-state index in [1.807, 2.05) is 0 Å². The molecule has 0 saturated carbocycles. The monoisotopic (exact) mass is 319 g/mol. The molecule has 0 unspecified atom stereocenters. The minimum Gasteiger partial charge on any atom is -0.378 e. The maximum absolute atomic E-state index is 2.55. The Morgan fingerprint density at radius 2 is 1.62 bits per heavy atom. The summed E-state index contributed by atoms with van der Waals surface area (Å²) in [5, 5.41) is 0. The highest BCUT2D eigenvalue weighted by Crippen LogP contribution is 2.34. The van der Waals surface area contributed by atoms with Crippen molar-refractivity contribution in [3.63, 3.8) is 0 Å². The molecule has 0 N–H and O–H groups in total. The number of hydrogen-bond donors (Lipinski definition) is 0. The van der Waals surface area contributed by atoms with E-state index in [2.05, 4.69) is 83.0 Å². The van der Waals surface area contributed by atoms with Gasteiger partial charge < -0.3 is 14.2 Å². The zero-order valence-corrected chi connectivity index (χ0v) is 14.6. The molecule has 24 heavy (non-hydrogen) atoms. The van der Waals surface area contributed by atoms with E-state index < -0.39 is 0 Å². The van der Waals surface area contributed by atoms with Crippen LogP contribution in [0.25, 0.3) is 16.8 Å². The van der Waals surface area contributed by atoms with Crippen molar-refractivity contribution < 1.29 is 0 Å². The molecule has 124 valence electrons. The second-order valence-electron chi connectivity index (χ2n) is 6.86. The summed E-state index contributed by atoms with van der Waals surface area (Å²) in [6, 6.07) is 17.7. The van der Waals surface area contributed by atoms with Gasteiger partial charge in [-0.15, -0.1) is 0 Å². The molecule has 3 heteroatoms. The molecule has 1 aliphatic rings. The van der Waals surface area contributed by atoms with Crippen LogP contribution >= 0.6 is 0 Å². The molecule has 0 atom stereocenters. The van der Waals surface area contributed by atoms with Gasteiger partial charge in [0.25, 0.3) is 0 Å². The molecule has 0 spiro atoms. The normalized spacial score (nSPS) is 15.0. The third-order valence-corrected chi connectivity index (χ3v) is 5.03. The van der Waals surface area contributed by atoms with Gasteiger partial charge in [-0.3, -0.25) is 0 Å². The minimum absolute atomic E-state index is 1.17. The number of piperidine rings is 1. The van der Waals surface area contributed by atoms with Crippen LogP contribution in [0, 0.1) is 0 Å². The van der Waals surface area contributed by atoms with Crippen LogP contribution in [0.1, 0.15) is 19.3 Å². The lowest BCUT2D eigenvalue weighted by Crippen LogP contribution is -2.29. The Kier molecular flexibility index (Phi) is 3.93. The Morgan fingerprint density at radius 3 is 2.33 bits per heavy atom. The lowest BCUT2D eigenvalue weighted by Gasteiger charge is -2.28. The Hall–Kier alpha value is -2.42. The van der Waals surface area contributed by atoms with Crippen LogP contribution in [0.3, 0.4) is 0 Å². The molecule has 4 rings (SSSR count). The summed E-state index contributed by atoms with van der Waals surface area (Å²) >= 11 is 0. The van der Waals surface area contributed by atoms with Crippen LogP contribution in [0.2, 0.25) is 0 Å². The zero-order chi connectivity index (χ0) is 16.5. The van der Waals surface area contributed by atoms with Gasteiger partial charge in [0.05, 0.1) is 16.9 Å². The largest absolute Gasteiger partial charge is 0.378 e. The average molecular weight is 319 g/mol. The standard InChI is InChI=1S/C21H25N3/c1-22(2)18-11-9-17(10-12-18)20-16-21(23-13-5-3-6-14-23)19-8-4-7-15-24(19)20/h4,7-12,15-16H,3,5-6,13-14H2,1-2H3. The number of rotatable bonds is 3. The van der Waals surface area contributed by atoms with E-state index in [1.165, 1.54) is 60.5 Å². The van der Waals surface area contributed by atoms with Gasteiger partial charge in [0.1, 0.15) is 0 Å². The molecule has 0 bridgehead atoms. The number of pyridine rings is 1. The second-order valence-corrected chi connectivity index (χ2v) is 6.86. The van der Waals surface area contributed by atoms with Gasteiger partial charge >= 0.3 is 0 Å². The first kappa shape index (κ1) is 15.1. The number of anilines is 2. The van der Waals surface area contributed by atoms with Gasteiger partial charge in [0, 0.05) is 39.1 Å². The van der Waals surface area contributed by atoms with E-state index in [9.17, 15) is 0 Å². The fraction of sp³-hybridized carbons (Fsp3) is 0.333. The fourth-order valence-corrected chi connectivity index (χ4v) is 3.68. The number of aromatic nitrogens is 1. The number of hydrogen-bond acceptors (Lipinski definition) is 2. The molecular weight excluding hydrogens is 294 g/mol. The Morgan fingerprint density at radius 1 is 0.875 bits per heavy atom. The van der Waals surface area contributed by atoms with Gasteiger partial charge in [0.15, 0.2) is 0 Å². The average Bonchev–Trinajstić information content (AvgIpc) is 3.02. The zero-order valence-electron chi connectivity index (χ0n) is 14.6. The maximum atomic E-state index is 2.55. The van der Waals surface area contributed by atoms with E-state index in [1.54, 1.807) is 0 Å². The van der Waals surface area contributed by atoms with Crippen molar-refractivity contribution in [3.05, 3.63) is 54.7 Å². The van der Waals surface area contributed by atoms with Gasteiger partial charge in [-0.25, -0.2) is 0 Å². The third-order valence-electron chi connectivity index (χ3n) is 5.03. The molecule has 3 aromatic rings. The van der Waals surface area contributed by atoms with Crippen molar-refractivity contribution in [1.29, 1.82) is 0 Å². The van der Waals surface area contributed by atoms with Gasteiger partial charge in [0.2, 0.25) is 0 Å². The predicted molar refractivity (Wildman–Crippen MR) is 103 cm³/mol. The molecule has 3 nitrogen and oxygen atoms in total. The number of fused-ring (bicyclic) bond motifs is 1. The van der Waals surface area contributed by atoms with Crippen LogP contribution < -0.4 is 9.80 Å². The maximum Gasteiger partial charge on any atom is 0.0690 e. The second kappa shape index (κ2) is 6.23. The van der Waals surface area contributed by atoms with Crippen molar-refractivity contribution in [2.45, 2.75) is 19.3 Å². The quantitative estimate of drug-likeness (QED) is 0.695. The third kappa shape index (κ3) is 2.64. The van der Waals surface area contributed by atoms with Gasteiger partial charge in [-0.2, -0.15) is 0 Å². The molecule has 1 saturated heterocycles. The summed E-state index contributed by atoms with van der Waals surface area (Å²) in [6.07, 6.45) is 6.15. The first-order chi connectivity index (χ1) is 11.7. The van der Waals surface area contributed by atoms with Crippen LogP contribution in [-0.2, 0) is 0 Å². The highest BCUT2D eigenvalue weighted by Gasteiger charge is 2.17. The van der Waals surface area contributed by atoms with Crippen LogP contribution in [-0.4, -0.2) is 31.6 Å². The van der Waals surface area contributed by atoms with Crippen LogP contribution in [0.4, 0.5) is 11.4 Å². The molecular formula is C21H25N3. The van der Waals surface area contributed by atoms with Gasteiger partial charge in [-0.05, 0) is 55.2 Å². The first-order valence-corrected chi connectivity index (χ1v) is 8.87. The number of nitrogens with zero attached hydrogens (tertiary/aromatic N) is 3. The molecule has 0 radical (unpaired) electrons. The van der Waals surface area contributed by atoms with Crippen molar-refractivity contribution >= 4 is 16.9 Å². The first-order valence-electron chi connectivity index (χ1n) is 8.87. The van der Waals surface area contributed by atoms with E-state index in [0.717, 1.165) is 0 Å². The van der Waals surface area contributed by atoms with Crippen molar-refractivity contribution in [2.75, 3.05) is 37.0 Å². The Balaban J connectivity index is 1.80. The summed E-state index contributed by atoms with van der Waals surface area (Å²) in [5.74, 6) is 0. The van der Waals surface area contributed by atoms with Crippen molar-refractivity contribution in [2.24, 2.45) is 0 Å². The summed E-state index contributed by atoms with van der Waals surface area (Å²) in [5.41, 5.74) is 6.46. The highest BCUT2D eigenvalue weighted by atomic mass is 15.2. The molecule has 1 aromatic carbocycles. The highest BCUT2D eigenvalue weighted by molar-refractivity contribution is 5.83. The molecule has 1 aliphatic heterocycles. The molecule has 3 heterocycles. The summed E-state index contributed by atoms with van der Waals surface area (Å²) in [4.78, 5) is 4.69. The molecule has 1 fully saturated rings. The lowest BCUT2D eigenvalue weighted by molar-refractivity contribution is 0.579.